The van der Waals surface area contributed by atoms with E-state index in [2.05, 4.69) is 5.32 Å². The molecule has 0 unspecified atom stereocenters. The summed E-state index contributed by atoms with van der Waals surface area (Å²) < 4.78 is 6.89. The highest BCUT2D eigenvalue weighted by molar-refractivity contribution is 5.90. The number of amides is 1. The Morgan fingerprint density at radius 2 is 2.05 bits per heavy atom. The number of anilines is 1. The first kappa shape index (κ1) is 13.2. The van der Waals surface area contributed by atoms with Crippen molar-refractivity contribution in [3.8, 4) is 5.75 Å². The fraction of sp³-hybridized carbons (Fsp3) is 0.214. The van der Waals surface area contributed by atoms with Crippen LogP contribution in [-0.4, -0.2) is 17.6 Å². The second kappa shape index (κ2) is 6.06. The number of carbonyl (C=O) groups excluding carboxylic acids is 1. The number of nitrogens with one attached hydrogen (secondary N) is 1. The van der Waals surface area contributed by atoms with Crippen molar-refractivity contribution in [3.05, 3.63) is 48.3 Å². The average Bonchev–Trinajstić information content (AvgIpc) is 2.86. The van der Waals surface area contributed by atoms with Gasteiger partial charge in [-0.15, -0.1) is 0 Å². The van der Waals surface area contributed by atoms with Gasteiger partial charge in [0, 0.05) is 24.1 Å². The van der Waals surface area contributed by atoms with E-state index in [1.165, 1.54) is 0 Å². The Morgan fingerprint density at radius 1 is 1.32 bits per heavy atom. The van der Waals surface area contributed by atoms with Crippen LogP contribution >= 0.6 is 0 Å². The molecular formula is C14H17N3O2. The molecule has 0 aliphatic heterocycles. The molecule has 1 aromatic carbocycles. The molecule has 0 saturated carbocycles. The molecule has 0 aliphatic rings. The summed E-state index contributed by atoms with van der Waals surface area (Å²) in [5.74, 6) is 0.671. The lowest BCUT2D eigenvalue weighted by Gasteiger charge is -2.09. The van der Waals surface area contributed by atoms with E-state index in [9.17, 15) is 4.79 Å². The summed E-state index contributed by atoms with van der Waals surface area (Å²) in [6, 6.07) is 11.0. The Hall–Kier alpha value is -2.27. The number of rotatable bonds is 5. The average molecular weight is 259 g/mol. The lowest BCUT2D eigenvalue weighted by Crippen LogP contribution is -2.20. The van der Waals surface area contributed by atoms with Crippen molar-refractivity contribution < 1.29 is 9.53 Å². The maximum atomic E-state index is 11.9. The molecule has 1 amide bonds. The molecule has 19 heavy (non-hydrogen) atoms. The van der Waals surface area contributed by atoms with Gasteiger partial charge in [0.1, 0.15) is 12.3 Å². The zero-order chi connectivity index (χ0) is 13.7. The van der Waals surface area contributed by atoms with Crippen molar-refractivity contribution in [3.63, 3.8) is 0 Å². The third-order valence-corrected chi connectivity index (χ3v) is 2.82. The van der Waals surface area contributed by atoms with E-state index in [0.29, 0.717) is 6.54 Å². The van der Waals surface area contributed by atoms with Crippen LogP contribution in [0.2, 0.25) is 0 Å². The van der Waals surface area contributed by atoms with E-state index < -0.39 is 0 Å². The quantitative estimate of drug-likeness (QED) is 0.856. The summed E-state index contributed by atoms with van der Waals surface area (Å²) in [6.45, 7) is 0.675. The van der Waals surface area contributed by atoms with Gasteiger partial charge >= 0.3 is 0 Å². The maximum absolute atomic E-state index is 11.9. The third kappa shape index (κ3) is 3.35. The van der Waals surface area contributed by atoms with Crippen LogP contribution in [0.25, 0.3) is 0 Å². The Balaban J connectivity index is 1.97. The number of methoxy groups -OCH3 is 1. The second-order valence-electron chi connectivity index (χ2n) is 4.11. The Bertz CT molecular complexity index is 546. The molecule has 0 fully saturated rings. The number of benzene rings is 1. The Kier molecular flexibility index (Phi) is 4.20. The molecule has 0 radical (unpaired) electrons. The van der Waals surface area contributed by atoms with Crippen molar-refractivity contribution in [1.82, 2.24) is 4.57 Å². The van der Waals surface area contributed by atoms with Crippen LogP contribution < -0.4 is 15.8 Å². The van der Waals surface area contributed by atoms with Crippen molar-refractivity contribution >= 4 is 11.6 Å². The summed E-state index contributed by atoms with van der Waals surface area (Å²) in [5.41, 5.74) is 7.27. The van der Waals surface area contributed by atoms with Crippen molar-refractivity contribution in [2.75, 3.05) is 12.4 Å². The first-order chi connectivity index (χ1) is 9.22. The van der Waals surface area contributed by atoms with Gasteiger partial charge in [0.15, 0.2) is 0 Å². The van der Waals surface area contributed by atoms with Crippen LogP contribution in [0.1, 0.15) is 5.69 Å². The molecule has 2 rings (SSSR count). The van der Waals surface area contributed by atoms with Gasteiger partial charge in [0.05, 0.1) is 7.11 Å². The van der Waals surface area contributed by atoms with E-state index in [1.807, 2.05) is 22.9 Å². The zero-order valence-electron chi connectivity index (χ0n) is 10.8. The molecule has 2 aromatic rings. The molecule has 0 atom stereocenters. The number of hydrogen-bond donors (Lipinski definition) is 2. The number of aromatic nitrogens is 1. The molecule has 0 aliphatic carbocycles. The minimum absolute atomic E-state index is 0.0870. The monoisotopic (exact) mass is 259 g/mol. The van der Waals surface area contributed by atoms with Crippen molar-refractivity contribution in [1.29, 1.82) is 0 Å². The van der Waals surface area contributed by atoms with Crippen LogP contribution in [0.4, 0.5) is 5.69 Å². The van der Waals surface area contributed by atoms with Gasteiger partial charge in [-0.1, -0.05) is 0 Å². The van der Waals surface area contributed by atoms with E-state index in [0.717, 1.165) is 17.1 Å². The van der Waals surface area contributed by atoms with E-state index >= 15 is 0 Å². The number of hydrogen-bond acceptors (Lipinski definition) is 3. The molecular weight excluding hydrogens is 242 g/mol. The molecule has 3 N–H and O–H groups in total. The van der Waals surface area contributed by atoms with Gasteiger partial charge in [-0.05, 0) is 36.4 Å². The standard InChI is InChI=1S/C14H17N3O2/c1-19-13-6-4-11(5-7-13)16-14(18)10-17-8-2-3-12(17)9-15/h2-8H,9-10,15H2,1H3,(H,16,18). The summed E-state index contributed by atoms with van der Waals surface area (Å²) in [5, 5.41) is 2.83. The van der Waals surface area contributed by atoms with E-state index in [-0.39, 0.29) is 12.5 Å². The van der Waals surface area contributed by atoms with E-state index in [1.54, 1.807) is 31.4 Å². The fourth-order valence-corrected chi connectivity index (χ4v) is 1.82. The number of nitrogens with two attached hydrogens (primary N) is 1. The molecule has 1 aromatic heterocycles. The second-order valence-corrected chi connectivity index (χ2v) is 4.11. The molecule has 100 valence electrons. The van der Waals surface area contributed by atoms with E-state index in [4.69, 9.17) is 10.5 Å². The highest BCUT2D eigenvalue weighted by Gasteiger charge is 2.06. The Morgan fingerprint density at radius 3 is 2.68 bits per heavy atom. The fourth-order valence-electron chi connectivity index (χ4n) is 1.82. The summed E-state index contributed by atoms with van der Waals surface area (Å²) >= 11 is 0. The maximum Gasteiger partial charge on any atom is 0.244 e. The van der Waals surface area contributed by atoms with Gasteiger partial charge < -0.3 is 20.4 Å². The van der Waals surface area contributed by atoms with Gasteiger partial charge in [-0.3, -0.25) is 4.79 Å². The van der Waals surface area contributed by atoms with Crippen LogP contribution in [0.5, 0.6) is 5.75 Å². The Labute approximate surface area is 112 Å². The summed E-state index contributed by atoms with van der Waals surface area (Å²) in [6.07, 6.45) is 1.84. The van der Waals surface area contributed by atoms with Crippen molar-refractivity contribution in [2.24, 2.45) is 5.73 Å². The van der Waals surface area contributed by atoms with Gasteiger partial charge in [-0.25, -0.2) is 0 Å². The van der Waals surface area contributed by atoms with Crippen LogP contribution in [0, 0.1) is 0 Å². The highest BCUT2D eigenvalue weighted by atomic mass is 16.5. The first-order valence-electron chi connectivity index (χ1n) is 6.01. The molecule has 1 heterocycles. The molecule has 0 spiro atoms. The minimum atomic E-state index is -0.0870. The molecule has 5 heteroatoms. The van der Waals surface area contributed by atoms with Gasteiger partial charge in [-0.2, -0.15) is 0 Å². The predicted octanol–water partition coefficient (Wildman–Crippen LogP) is 1.59. The van der Waals surface area contributed by atoms with Crippen molar-refractivity contribution in [2.45, 2.75) is 13.1 Å². The minimum Gasteiger partial charge on any atom is -0.497 e. The topological polar surface area (TPSA) is 69.3 Å². The van der Waals surface area contributed by atoms with Crippen LogP contribution in [0.3, 0.4) is 0 Å². The lowest BCUT2D eigenvalue weighted by atomic mass is 10.3. The highest BCUT2D eigenvalue weighted by Crippen LogP contribution is 2.15. The van der Waals surface area contributed by atoms with Gasteiger partial charge in [0.25, 0.3) is 0 Å². The smallest absolute Gasteiger partial charge is 0.244 e. The summed E-state index contributed by atoms with van der Waals surface area (Å²) in [4.78, 5) is 11.9. The molecule has 5 nitrogen and oxygen atoms in total. The largest absolute Gasteiger partial charge is 0.497 e. The number of carbonyl (C=O) groups is 1. The molecule has 0 saturated heterocycles. The normalized spacial score (nSPS) is 10.2. The van der Waals surface area contributed by atoms with Gasteiger partial charge in [0.2, 0.25) is 5.91 Å². The summed E-state index contributed by atoms with van der Waals surface area (Å²) in [7, 11) is 1.61. The number of ether oxygens (including phenoxy) is 1. The third-order valence-electron chi connectivity index (χ3n) is 2.82. The van der Waals surface area contributed by atoms with Crippen LogP contribution in [-0.2, 0) is 17.9 Å². The molecule has 0 bridgehead atoms. The SMILES string of the molecule is COc1ccc(NC(=O)Cn2cccc2CN)cc1. The lowest BCUT2D eigenvalue weighted by molar-refractivity contribution is -0.116. The number of nitrogens with zero attached hydrogens (tertiary/aromatic N) is 1. The van der Waals surface area contributed by atoms with Crippen LogP contribution in [0.15, 0.2) is 42.6 Å². The zero-order valence-corrected chi connectivity index (χ0v) is 10.8. The first-order valence-corrected chi connectivity index (χ1v) is 6.01. The predicted molar refractivity (Wildman–Crippen MR) is 73.9 cm³/mol.